The third kappa shape index (κ3) is 6.00. The van der Waals surface area contributed by atoms with E-state index in [1.165, 1.54) is 0 Å². The molecule has 0 aromatic heterocycles. The van der Waals surface area contributed by atoms with E-state index >= 15 is 0 Å². The first kappa shape index (κ1) is 14.4. The van der Waals surface area contributed by atoms with Crippen LogP contribution >= 0.6 is 0 Å². The van der Waals surface area contributed by atoms with Gasteiger partial charge in [-0.05, 0) is 5.92 Å². The minimum absolute atomic E-state index is 0.0905. The van der Waals surface area contributed by atoms with Gasteiger partial charge in [0.1, 0.15) is 0 Å². The first-order valence-corrected chi connectivity index (χ1v) is 6.53. The molecule has 17 heavy (non-hydrogen) atoms. The molecule has 0 spiro atoms. The standard InChI is InChI=1S/C12H26N4O/c1-11(2)9-15-5-7-16(8-6-15)10-12(17)14-4-3-13/h11H,3-10,13H2,1-2H3,(H,14,17). The molecule has 5 heteroatoms. The lowest BCUT2D eigenvalue weighted by Gasteiger charge is -2.35. The molecule has 1 aliphatic rings. The van der Waals surface area contributed by atoms with Crippen molar-refractivity contribution in [1.29, 1.82) is 0 Å². The molecule has 0 saturated carbocycles. The molecule has 0 aliphatic carbocycles. The lowest BCUT2D eigenvalue weighted by molar-refractivity contribution is -0.122. The number of amides is 1. The normalized spacial score (nSPS) is 18.6. The molecule has 0 atom stereocenters. The number of rotatable bonds is 6. The van der Waals surface area contributed by atoms with Crippen molar-refractivity contribution in [3.63, 3.8) is 0 Å². The molecule has 0 aromatic carbocycles. The molecule has 1 rings (SSSR count). The van der Waals surface area contributed by atoms with Crippen molar-refractivity contribution in [3.05, 3.63) is 0 Å². The second kappa shape index (κ2) is 7.63. The summed E-state index contributed by atoms with van der Waals surface area (Å²) in [4.78, 5) is 16.2. The zero-order valence-electron chi connectivity index (χ0n) is 11.1. The average Bonchev–Trinajstić information content (AvgIpc) is 2.28. The number of nitrogens with one attached hydrogen (secondary N) is 1. The van der Waals surface area contributed by atoms with Crippen LogP contribution in [0.4, 0.5) is 0 Å². The molecular formula is C12H26N4O. The molecule has 0 unspecified atom stereocenters. The van der Waals surface area contributed by atoms with Crippen LogP contribution in [0.2, 0.25) is 0 Å². The predicted molar refractivity (Wildman–Crippen MR) is 69.8 cm³/mol. The van der Waals surface area contributed by atoms with Crippen molar-refractivity contribution < 1.29 is 4.79 Å². The molecule has 3 N–H and O–H groups in total. The quantitative estimate of drug-likeness (QED) is 0.649. The zero-order valence-corrected chi connectivity index (χ0v) is 11.1. The van der Waals surface area contributed by atoms with Gasteiger partial charge in [0.25, 0.3) is 0 Å². The molecule has 1 amide bonds. The number of nitrogens with two attached hydrogens (primary N) is 1. The van der Waals surface area contributed by atoms with Gasteiger partial charge in [-0.25, -0.2) is 0 Å². The van der Waals surface area contributed by atoms with Crippen LogP contribution in [0, 0.1) is 5.92 Å². The van der Waals surface area contributed by atoms with Gasteiger partial charge < -0.3 is 16.0 Å². The summed E-state index contributed by atoms with van der Waals surface area (Å²) < 4.78 is 0. The lowest BCUT2D eigenvalue weighted by Crippen LogP contribution is -2.50. The van der Waals surface area contributed by atoms with E-state index in [-0.39, 0.29) is 5.91 Å². The Morgan fingerprint density at radius 3 is 2.35 bits per heavy atom. The molecule has 5 nitrogen and oxygen atoms in total. The summed E-state index contributed by atoms with van der Waals surface area (Å²) in [5, 5.41) is 2.80. The van der Waals surface area contributed by atoms with E-state index in [1.54, 1.807) is 0 Å². The Bertz CT molecular complexity index is 225. The summed E-state index contributed by atoms with van der Waals surface area (Å²) in [6, 6.07) is 0. The monoisotopic (exact) mass is 242 g/mol. The number of piperazine rings is 1. The Morgan fingerprint density at radius 1 is 1.24 bits per heavy atom. The SMILES string of the molecule is CC(C)CN1CCN(CC(=O)NCCN)CC1. The van der Waals surface area contributed by atoms with Crippen LogP contribution in [-0.4, -0.2) is 68.1 Å². The Balaban J connectivity index is 2.16. The van der Waals surface area contributed by atoms with Crippen LogP contribution in [0.3, 0.4) is 0 Å². The number of hydrogen-bond acceptors (Lipinski definition) is 4. The molecule has 1 heterocycles. The molecule has 1 aliphatic heterocycles. The van der Waals surface area contributed by atoms with Gasteiger partial charge in [0.05, 0.1) is 6.54 Å². The molecule has 0 radical (unpaired) electrons. The molecule has 100 valence electrons. The predicted octanol–water partition coefficient (Wildman–Crippen LogP) is -0.665. The summed E-state index contributed by atoms with van der Waals surface area (Å²) in [6.07, 6.45) is 0. The minimum atomic E-state index is 0.0905. The fourth-order valence-corrected chi connectivity index (χ4v) is 2.12. The third-order valence-electron chi connectivity index (χ3n) is 2.92. The van der Waals surface area contributed by atoms with Crippen LogP contribution in [0.25, 0.3) is 0 Å². The third-order valence-corrected chi connectivity index (χ3v) is 2.92. The maximum absolute atomic E-state index is 11.5. The maximum atomic E-state index is 11.5. The van der Waals surface area contributed by atoms with Crippen molar-refractivity contribution in [1.82, 2.24) is 15.1 Å². The van der Waals surface area contributed by atoms with Crippen molar-refractivity contribution in [2.45, 2.75) is 13.8 Å². The Labute approximate surface area is 104 Å². The van der Waals surface area contributed by atoms with Crippen LogP contribution in [0.1, 0.15) is 13.8 Å². The van der Waals surface area contributed by atoms with E-state index in [2.05, 4.69) is 29.0 Å². The number of hydrogen-bond donors (Lipinski definition) is 2. The largest absolute Gasteiger partial charge is 0.354 e. The van der Waals surface area contributed by atoms with E-state index in [0.29, 0.717) is 19.6 Å². The first-order chi connectivity index (χ1) is 8.11. The topological polar surface area (TPSA) is 61.6 Å². The highest BCUT2D eigenvalue weighted by Gasteiger charge is 2.18. The van der Waals surface area contributed by atoms with Crippen LogP contribution in [0.5, 0.6) is 0 Å². The van der Waals surface area contributed by atoms with Crippen molar-refractivity contribution >= 4 is 5.91 Å². The van der Waals surface area contributed by atoms with E-state index in [4.69, 9.17) is 5.73 Å². The maximum Gasteiger partial charge on any atom is 0.234 e. The fourth-order valence-electron chi connectivity index (χ4n) is 2.12. The van der Waals surface area contributed by atoms with E-state index in [0.717, 1.165) is 38.6 Å². The summed E-state index contributed by atoms with van der Waals surface area (Å²) in [6.45, 7) is 11.4. The van der Waals surface area contributed by atoms with Gasteiger partial charge in [-0.1, -0.05) is 13.8 Å². The average molecular weight is 242 g/mol. The highest BCUT2D eigenvalue weighted by atomic mass is 16.2. The van der Waals surface area contributed by atoms with Crippen LogP contribution in [-0.2, 0) is 4.79 Å². The van der Waals surface area contributed by atoms with Crippen LogP contribution < -0.4 is 11.1 Å². The highest BCUT2D eigenvalue weighted by Crippen LogP contribution is 2.04. The van der Waals surface area contributed by atoms with Gasteiger partial charge >= 0.3 is 0 Å². The number of carbonyl (C=O) groups excluding carboxylic acids is 1. The second-order valence-electron chi connectivity index (χ2n) is 5.11. The van der Waals surface area contributed by atoms with Gasteiger partial charge in [-0.3, -0.25) is 9.69 Å². The smallest absolute Gasteiger partial charge is 0.234 e. The molecular weight excluding hydrogens is 216 g/mol. The lowest BCUT2D eigenvalue weighted by atomic mass is 10.2. The van der Waals surface area contributed by atoms with Crippen molar-refractivity contribution in [3.8, 4) is 0 Å². The van der Waals surface area contributed by atoms with Crippen LogP contribution in [0.15, 0.2) is 0 Å². The summed E-state index contributed by atoms with van der Waals surface area (Å²) in [5.41, 5.74) is 5.34. The van der Waals surface area contributed by atoms with Gasteiger partial charge in [-0.15, -0.1) is 0 Å². The number of nitrogens with zero attached hydrogens (tertiary/aromatic N) is 2. The Hall–Kier alpha value is -0.650. The fraction of sp³-hybridized carbons (Fsp3) is 0.917. The van der Waals surface area contributed by atoms with Crippen molar-refractivity contribution in [2.24, 2.45) is 11.7 Å². The zero-order chi connectivity index (χ0) is 12.7. The van der Waals surface area contributed by atoms with Gasteiger partial charge in [0.15, 0.2) is 0 Å². The molecule has 0 aromatic rings. The first-order valence-electron chi connectivity index (χ1n) is 6.53. The van der Waals surface area contributed by atoms with E-state index in [1.807, 2.05) is 0 Å². The number of carbonyl (C=O) groups is 1. The Morgan fingerprint density at radius 2 is 1.82 bits per heavy atom. The highest BCUT2D eigenvalue weighted by molar-refractivity contribution is 5.78. The minimum Gasteiger partial charge on any atom is -0.354 e. The van der Waals surface area contributed by atoms with E-state index in [9.17, 15) is 4.79 Å². The Kier molecular flexibility index (Phi) is 6.47. The van der Waals surface area contributed by atoms with E-state index < -0.39 is 0 Å². The second-order valence-corrected chi connectivity index (χ2v) is 5.11. The van der Waals surface area contributed by atoms with Crippen molar-refractivity contribution in [2.75, 3.05) is 52.4 Å². The molecule has 0 bridgehead atoms. The van der Waals surface area contributed by atoms with Gasteiger partial charge in [-0.2, -0.15) is 0 Å². The van der Waals surface area contributed by atoms with Gasteiger partial charge in [0.2, 0.25) is 5.91 Å². The van der Waals surface area contributed by atoms with Gasteiger partial charge in [0, 0.05) is 45.8 Å². The summed E-state index contributed by atoms with van der Waals surface area (Å²) in [7, 11) is 0. The summed E-state index contributed by atoms with van der Waals surface area (Å²) >= 11 is 0. The summed E-state index contributed by atoms with van der Waals surface area (Å²) in [5.74, 6) is 0.808. The molecule has 1 fully saturated rings. The molecule has 1 saturated heterocycles.